The van der Waals surface area contributed by atoms with Crippen LogP contribution in [-0.2, 0) is 7.05 Å². The lowest BCUT2D eigenvalue weighted by molar-refractivity contribution is 0.789. The van der Waals surface area contributed by atoms with Gasteiger partial charge in [-0.25, -0.2) is 9.78 Å². The van der Waals surface area contributed by atoms with Crippen molar-refractivity contribution >= 4 is 5.65 Å². The molecule has 0 unspecified atom stereocenters. The number of hydrogen-bond acceptors (Lipinski definition) is 2. The van der Waals surface area contributed by atoms with Crippen LogP contribution in [0.4, 0.5) is 0 Å². The second kappa shape index (κ2) is 3.84. The van der Waals surface area contributed by atoms with Crippen molar-refractivity contribution in [3.63, 3.8) is 0 Å². The summed E-state index contributed by atoms with van der Waals surface area (Å²) in [5.74, 6) is 0. The van der Waals surface area contributed by atoms with Crippen LogP contribution in [0.3, 0.4) is 0 Å². The number of rotatable bonds is 1. The predicted molar refractivity (Wildman–Crippen MR) is 70.6 cm³/mol. The molecule has 0 aliphatic rings. The Balaban J connectivity index is 2.22. The molecule has 18 heavy (non-hydrogen) atoms. The van der Waals surface area contributed by atoms with Gasteiger partial charge in [-0.1, -0.05) is 29.8 Å². The maximum absolute atomic E-state index is 11.9. The van der Waals surface area contributed by atoms with E-state index in [1.807, 2.05) is 37.3 Å². The quantitative estimate of drug-likeness (QED) is 0.651. The number of hydrogen-bond donors (Lipinski definition) is 0. The first-order valence-corrected chi connectivity index (χ1v) is 5.77. The van der Waals surface area contributed by atoms with Crippen LogP contribution in [-0.4, -0.2) is 14.0 Å². The van der Waals surface area contributed by atoms with Crippen LogP contribution in [0.15, 0.2) is 47.5 Å². The van der Waals surface area contributed by atoms with E-state index in [0.29, 0.717) is 5.65 Å². The maximum Gasteiger partial charge on any atom is 0.333 e. The fourth-order valence-electron chi connectivity index (χ4n) is 1.94. The molecular weight excluding hydrogens is 226 g/mol. The Bertz CT molecular complexity index is 766. The molecule has 0 radical (unpaired) electrons. The molecule has 0 aliphatic carbocycles. The van der Waals surface area contributed by atoms with Crippen molar-refractivity contribution in [2.45, 2.75) is 6.92 Å². The van der Waals surface area contributed by atoms with Gasteiger partial charge >= 0.3 is 5.69 Å². The third-order valence-electron chi connectivity index (χ3n) is 3.04. The zero-order valence-corrected chi connectivity index (χ0v) is 10.3. The molecule has 2 aromatic heterocycles. The fourth-order valence-corrected chi connectivity index (χ4v) is 1.94. The molecule has 0 saturated carbocycles. The summed E-state index contributed by atoms with van der Waals surface area (Å²) in [5, 5.41) is 0. The van der Waals surface area contributed by atoms with Crippen LogP contribution in [0.2, 0.25) is 0 Å². The minimum atomic E-state index is -0.0849. The van der Waals surface area contributed by atoms with Crippen LogP contribution in [0, 0.1) is 6.92 Å². The summed E-state index contributed by atoms with van der Waals surface area (Å²) in [4.78, 5) is 16.4. The van der Waals surface area contributed by atoms with Gasteiger partial charge in [-0.3, -0.25) is 4.40 Å². The molecule has 90 valence electrons. The number of aromatic nitrogens is 3. The standard InChI is InChI=1S/C14H13N3O/c1-10-3-5-11(6-4-10)12-9-17-13(15-12)7-8-16(2)14(17)18/h3-9H,1-2H3. The third-order valence-corrected chi connectivity index (χ3v) is 3.04. The summed E-state index contributed by atoms with van der Waals surface area (Å²) < 4.78 is 3.10. The molecule has 2 heterocycles. The van der Waals surface area contributed by atoms with Gasteiger partial charge in [0, 0.05) is 25.0 Å². The van der Waals surface area contributed by atoms with Crippen molar-refractivity contribution in [2.75, 3.05) is 0 Å². The van der Waals surface area contributed by atoms with Crippen molar-refractivity contribution in [1.82, 2.24) is 14.0 Å². The molecule has 1 aromatic carbocycles. The van der Waals surface area contributed by atoms with E-state index in [-0.39, 0.29) is 5.69 Å². The highest BCUT2D eigenvalue weighted by Crippen LogP contribution is 2.18. The van der Waals surface area contributed by atoms with E-state index in [0.717, 1.165) is 11.3 Å². The van der Waals surface area contributed by atoms with Gasteiger partial charge in [-0.05, 0) is 13.0 Å². The van der Waals surface area contributed by atoms with Crippen molar-refractivity contribution in [3.05, 3.63) is 58.8 Å². The molecule has 3 rings (SSSR count). The van der Waals surface area contributed by atoms with E-state index in [4.69, 9.17) is 0 Å². The summed E-state index contributed by atoms with van der Waals surface area (Å²) in [7, 11) is 1.73. The van der Waals surface area contributed by atoms with Crippen LogP contribution in [0.1, 0.15) is 5.56 Å². The molecule has 0 saturated heterocycles. The Morgan fingerprint density at radius 1 is 1.11 bits per heavy atom. The van der Waals surface area contributed by atoms with Crippen molar-refractivity contribution in [1.29, 1.82) is 0 Å². The summed E-state index contributed by atoms with van der Waals surface area (Å²) in [6.45, 7) is 2.04. The van der Waals surface area contributed by atoms with Crippen molar-refractivity contribution < 1.29 is 0 Å². The van der Waals surface area contributed by atoms with Gasteiger partial charge in [0.15, 0.2) is 0 Å². The Morgan fingerprint density at radius 3 is 2.56 bits per heavy atom. The molecule has 0 aliphatic heterocycles. The monoisotopic (exact) mass is 239 g/mol. The Hall–Kier alpha value is -2.36. The van der Waals surface area contributed by atoms with Gasteiger partial charge < -0.3 is 4.57 Å². The minimum absolute atomic E-state index is 0.0849. The first-order valence-electron chi connectivity index (χ1n) is 5.77. The topological polar surface area (TPSA) is 39.3 Å². The fraction of sp³-hybridized carbons (Fsp3) is 0.143. The predicted octanol–water partition coefficient (Wildman–Crippen LogP) is 2.01. The Morgan fingerprint density at radius 2 is 1.83 bits per heavy atom. The van der Waals surface area contributed by atoms with Gasteiger partial charge in [0.05, 0.1) is 5.69 Å². The molecule has 0 fully saturated rings. The Kier molecular flexibility index (Phi) is 2.30. The van der Waals surface area contributed by atoms with Crippen LogP contribution < -0.4 is 5.69 Å². The largest absolute Gasteiger partial charge is 0.333 e. The minimum Gasteiger partial charge on any atom is -0.303 e. The van der Waals surface area contributed by atoms with E-state index in [9.17, 15) is 4.79 Å². The lowest BCUT2D eigenvalue weighted by Gasteiger charge is -1.96. The van der Waals surface area contributed by atoms with E-state index in [1.54, 1.807) is 23.8 Å². The number of nitrogens with zero attached hydrogens (tertiary/aromatic N) is 3. The first kappa shape index (κ1) is 10.8. The zero-order chi connectivity index (χ0) is 12.7. The van der Waals surface area contributed by atoms with E-state index >= 15 is 0 Å². The normalized spacial score (nSPS) is 11.0. The second-order valence-electron chi connectivity index (χ2n) is 4.43. The van der Waals surface area contributed by atoms with Crippen LogP contribution in [0.25, 0.3) is 16.9 Å². The van der Waals surface area contributed by atoms with E-state index < -0.39 is 0 Å². The van der Waals surface area contributed by atoms with Crippen LogP contribution in [0.5, 0.6) is 0 Å². The van der Waals surface area contributed by atoms with Gasteiger partial charge in [-0.15, -0.1) is 0 Å². The average molecular weight is 239 g/mol. The molecule has 0 N–H and O–H groups in total. The number of aryl methyl sites for hydroxylation is 2. The average Bonchev–Trinajstić information content (AvgIpc) is 2.80. The first-order chi connectivity index (χ1) is 8.65. The lowest BCUT2D eigenvalue weighted by Crippen LogP contribution is -2.22. The molecular formula is C14H13N3O. The summed E-state index contributed by atoms with van der Waals surface area (Å²) in [6, 6.07) is 9.94. The molecule has 0 atom stereocenters. The number of benzene rings is 1. The number of imidazole rings is 1. The summed E-state index contributed by atoms with van der Waals surface area (Å²) >= 11 is 0. The van der Waals surface area contributed by atoms with E-state index in [1.165, 1.54) is 10.1 Å². The SMILES string of the molecule is Cc1ccc(-c2cn3c(=O)n(C)ccc3n2)cc1. The highest BCUT2D eigenvalue weighted by Gasteiger charge is 2.06. The molecule has 0 bridgehead atoms. The van der Waals surface area contributed by atoms with Gasteiger partial charge in [-0.2, -0.15) is 0 Å². The molecule has 3 aromatic rings. The van der Waals surface area contributed by atoms with Crippen molar-refractivity contribution in [3.8, 4) is 11.3 Å². The molecule has 4 heteroatoms. The summed E-state index contributed by atoms with van der Waals surface area (Å²) in [5.41, 5.74) is 3.63. The zero-order valence-electron chi connectivity index (χ0n) is 10.3. The lowest BCUT2D eigenvalue weighted by atomic mass is 10.1. The van der Waals surface area contributed by atoms with Gasteiger partial charge in [0.1, 0.15) is 5.65 Å². The third kappa shape index (κ3) is 1.62. The van der Waals surface area contributed by atoms with Gasteiger partial charge in [0.2, 0.25) is 0 Å². The van der Waals surface area contributed by atoms with Crippen molar-refractivity contribution in [2.24, 2.45) is 7.05 Å². The van der Waals surface area contributed by atoms with Crippen LogP contribution >= 0.6 is 0 Å². The molecule has 4 nitrogen and oxygen atoms in total. The molecule has 0 spiro atoms. The Labute approximate surface area is 104 Å². The second-order valence-corrected chi connectivity index (χ2v) is 4.43. The molecule has 0 amide bonds. The summed E-state index contributed by atoms with van der Waals surface area (Å²) in [6.07, 6.45) is 3.51. The number of fused-ring (bicyclic) bond motifs is 1. The maximum atomic E-state index is 11.9. The smallest absolute Gasteiger partial charge is 0.303 e. The van der Waals surface area contributed by atoms with Gasteiger partial charge in [0.25, 0.3) is 0 Å². The van der Waals surface area contributed by atoms with E-state index in [2.05, 4.69) is 4.98 Å². The highest BCUT2D eigenvalue weighted by molar-refractivity contribution is 5.62. The highest BCUT2D eigenvalue weighted by atomic mass is 16.1.